The van der Waals surface area contributed by atoms with E-state index in [0.717, 1.165) is 0 Å². The van der Waals surface area contributed by atoms with Crippen molar-refractivity contribution in [3.05, 3.63) is 66.2 Å². The Hall–Kier alpha value is -2.88. The fraction of sp³-hybridized carbons (Fsp3) is 0.556. The van der Waals surface area contributed by atoms with Gasteiger partial charge in [-0.05, 0) is 0 Å². The number of ether oxygens (including phenoxy) is 2. The fourth-order valence-electron chi connectivity index (χ4n) is 3.41. The van der Waals surface area contributed by atoms with E-state index in [1.807, 2.05) is 0 Å². The predicted octanol–water partition coefficient (Wildman–Crippen LogP) is -3.65. The monoisotopic (exact) mass is 456 g/mol. The summed E-state index contributed by atoms with van der Waals surface area (Å²) in [7, 11) is 0. The number of hydrogen-bond donors (Lipinski definition) is 6. The third kappa shape index (κ3) is 5.29. The van der Waals surface area contributed by atoms with Gasteiger partial charge >= 0.3 is 11.4 Å². The van der Waals surface area contributed by atoms with Crippen molar-refractivity contribution in [2.24, 2.45) is 0 Å². The third-order valence-electron chi connectivity index (χ3n) is 5.09. The molecule has 0 aromatic carbocycles. The van der Waals surface area contributed by atoms with Gasteiger partial charge in [0.2, 0.25) is 0 Å². The summed E-state index contributed by atoms with van der Waals surface area (Å²) in [5, 5.41) is 36.8. The van der Waals surface area contributed by atoms with E-state index in [-0.39, 0.29) is 26.1 Å². The molecule has 0 spiro atoms. The first kappa shape index (κ1) is 23.8. The van der Waals surface area contributed by atoms with Crippen LogP contribution in [-0.4, -0.2) is 77.2 Å². The number of hydrogen-bond acceptors (Lipinski definition) is 10. The van der Waals surface area contributed by atoms with Gasteiger partial charge in [0.1, 0.15) is 24.7 Å². The third-order valence-corrected chi connectivity index (χ3v) is 5.09. The molecule has 0 saturated carbocycles. The topological polar surface area (TPSA) is 209 Å². The lowest BCUT2D eigenvalue weighted by Crippen LogP contribution is -2.31. The Morgan fingerprint density at radius 1 is 0.781 bits per heavy atom. The first-order chi connectivity index (χ1) is 15.2. The van der Waals surface area contributed by atoms with E-state index in [9.17, 15) is 29.4 Å². The molecular formula is C18H24N4O10. The van der Waals surface area contributed by atoms with Gasteiger partial charge < -0.3 is 29.9 Å². The van der Waals surface area contributed by atoms with Gasteiger partial charge in [0.05, 0.1) is 25.4 Å². The first-order valence-electron chi connectivity index (χ1n) is 9.75. The van der Waals surface area contributed by atoms with Crippen LogP contribution in [0.3, 0.4) is 0 Å². The Balaban J connectivity index is 0.000000181. The van der Waals surface area contributed by atoms with Crippen molar-refractivity contribution in [1.29, 1.82) is 0 Å². The average molecular weight is 456 g/mol. The highest BCUT2D eigenvalue weighted by Crippen LogP contribution is 2.27. The number of H-pyrrole nitrogens is 2. The molecule has 14 nitrogen and oxygen atoms in total. The molecule has 6 N–H and O–H groups in total. The summed E-state index contributed by atoms with van der Waals surface area (Å²) < 4.78 is 12.9. The molecule has 0 amide bonds. The highest BCUT2D eigenvalue weighted by atomic mass is 16.5. The summed E-state index contributed by atoms with van der Waals surface area (Å²) in [5.74, 6) is 0. The van der Waals surface area contributed by atoms with Crippen LogP contribution in [0.4, 0.5) is 0 Å². The van der Waals surface area contributed by atoms with E-state index in [1.165, 1.54) is 33.7 Å². The predicted molar refractivity (Wildman–Crippen MR) is 106 cm³/mol. The van der Waals surface area contributed by atoms with Gasteiger partial charge in [0, 0.05) is 37.4 Å². The molecule has 4 rings (SSSR count). The van der Waals surface area contributed by atoms with Gasteiger partial charge in [0.25, 0.3) is 11.1 Å². The molecule has 2 saturated heterocycles. The highest BCUT2D eigenvalue weighted by molar-refractivity contribution is 4.89. The maximum absolute atomic E-state index is 11.4. The lowest BCUT2D eigenvalue weighted by Gasteiger charge is -2.13. The molecule has 2 fully saturated rings. The smallest absolute Gasteiger partial charge is 0.330 e. The lowest BCUT2D eigenvalue weighted by molar-refractivity contribution is -0.0459. The van der Waals surface area contributed by atoms with Gasteiger partial charge in [-0.2, -0.15) is 0 Å². The molecule has 32 heavy (non-hydrogen) atoms. The van der Waals surface area contributed by atoms with Crippen LogP contribution in [0, 0.1) is 0 Å². The molecule has 0 radical (unpaired) electrons. The minimum absolute atomic E-state index is 0.206. The molecule has 0 unspecified atom stereocenters. The Bertz CT molecular complexity index is 1050. The molecule has 6 atom stereocenters. The number of aromatic nitrogens is 4. The largest absolute Gasteiger partial charge is 0.394 e. The van der Waals surface area contributed by atoms with Crippen LogP contribution in [0.15, 0.2) is 43.7 Å². The zero-order valence-corrected chi connectivity index (χ0v) is 16.7. The van der Waals surface area contributed by atoms with Gasteiger partial charge in [-0.15, -0.1) is 0 Å². The number of aromatic amines is 2. The van der Waals surface area contributed by atoms with Crippen molar-refractivity contribution < 1.29 is 29.9 Å². The van der Waals surface area contributed by atoms with Crippen LogP contribution < -0.4 is 22.5 Å². The summed E-state index contributed by atoms with van der Waals surface area (Å²) in [4.78, 5) is 48.7. The van der Waals surface area contributed by atoms with Crippen molar-refractivity contribution >= 4 is 0 Å². The SMILES string of the molecule is O=c1ccn([C@H]2C[C@H](O)[C@@H](CO)O2)c(=O)[nH]1.O=c1ccn([C@H]2C[C@H](O)[C@@H](CO)O2)c(=O)[nH]1. The first-order valence-corrected chi connectivity index (χ1v) is 9.75. The number of rotatable bonds is 4. The van der Waals surface area contributed by atoms with E-state index >= 15 is 0 Å². The van der Waals surface area contributed by atoms with E-state index < -0.39 is 59.4 Å². The van der Waals surface area contributed by atoms with Crippen LogP contribution in [-0.2, 0) is 9.47 Å². The molecule has 14 heteroatoms. The molecule has 2 aromatic rings. The van der Waals surface area contributed by atoms with Crippen molar-refractivity contribution in [3.8, 4) is 0 Å². The maximum Gasteiger partial charge on any atom is 0.330 e. The number of nitrogens with one attached hydrogen (secondary N) is 2. The second-order valence-electron chi connectivity index (χ2n) is 7.26. The average Bonchev–Trinajstić information content (AvgIpc) is 3.30. The molecule has 4 heterocycles. The summed E-state index contributed by atoms with van der Waals surface area (Å²) in [6, 6.07) is 2.40. The molecule has 2 aliphatic heterocycles. The van der Waals surface area contributed by atoms with E-state index in [1.54, 1.807) is 0 Å². The van der Waals surface area contributed by atoms with E-state index in [4.69, 9.17) is 19.7 Å². The zero-order chi connectivity index (χ0) is 23.4. The van der Waals surface area contributed by atoms with Crippen LogP contribution in [0.5, 0.6) is 0 Å². The standard InChI is InChI=1S/2C9H12N2O5/c2*12-4-6-5(13)3-8(16-6)11-2-1-7(14)10-9(11)15/h2*1-2,5-6,8,12-13H,3-4H2,(H,10,14,15)/t2*5-,6+,8+/m00/s1. The molecular weight excluding hydrogens is 432 g/mol. The van der Waals surface area contributed by atoms with Crippen molar-refractivity contribution in [2.45, 2.75) is 49.7 Å². The minimum Gasteiger partial charge on any atom is -0.394 e. The summed E-state index contributed by atoms with van der Waals surface area (Å²) in [6.45, 7) is -0.620. The molecule has 0 aliphatic carbocycles. The highest BCUT2D eigenvalue weighted by Gasteiger charge is 2.35. The van der Waals surface area contributed by atoms with Crippen molar-refractivity contribution in [3.63, 3.8) is 0 Å². The summed E-state index contributed by atoms with van der Waals surface area (Å²) in [5.41, 5.74) is -2.16. The van der Waals surface area contributed by atoms with Gasteiger partial charge in [-0.3, -0.25) is 28.7 Å². The van der Waals surface area contributed by atoms with Crippen LogP contribution in [0.25, 0.3) is 0 Å². The number of aliphatic hydroxyl groups is 4. The van der Waals surface area contributed by atoms with Gasteiger partial charge in [-0.25, -0.2) is 9.59 Å². The van der Waals surface area contributed by atoms with Crippen LogP contribution in [0.1, 0.15) is 25.3 Å². The molecule has 176 valence electrons. The molecule has 2 aromatic heterocycles. The van der Waals surface area contributed by atoms with Crippen molar-refractivity contribution in [1.82, 2.24) is 19.1 Å². The Morgan fingerprint density at radius 2 is 1.16 bits per heavy atom. The second kappa shape index (κ2) is 10.2. The quantitative estimate of drug-likeness (QED) is 0.266. The fourth-order valence-corrected chi connectivity index (χ4v) is 3.41. The summed E-state index contributed by atoms with van der Waals surface area (Å²) in [6.07, 6.45) is -1.30. The summed E-state index contributed by atoms with van der Waals surface area (Å²) >= 11 is 0. The van der Waals surface area contributed by atoms with Gasteiger partial charge in [0.15, 0.2) is 0 Å². The van der Waals surface area contributed by atoms with Gasteiger partial charge in [-0.1, -0.05) is 0 Å². The van der Waals surface area contributed by atoms with Crippen molar-refractivity contribution in [2.75, 3.05) is 13.2 Å². The van der Waals surface area contributed by atoms with E-state index in [0.29, 0.717) is 0 Å². The normalized spacial score (nSPS) is 29.5. The Kier molecular flexibility index (Phi) is 7.55. The molecule has 0 bridgehead atoms. The Labute approximate surface area is 178 Å². The lowest BCUT2D eigenvalue weighted by atomic mass is 10.2. The minimum atomic E-state index is -0.811. The van der Waals surface area contributed by atoms with Crippen LogP contribution >= 0.6 is 0 Å². The van der Waals surface area contributed by atoms with Crippen LogP contribution in [0.2, 0.25) is 0 Å². The van der Waals surface area contributed by atoms with E-state index in [2.05, 4.69) is 9.97 Å². The number of aliphatic hydroxyl groups excluding tert-OH is 4. The Morgan fingerprint density at radius 3 is 1.44 bits per heavy atom. The zero-order valence-electron chi connectivity index (χ0n) is 16.7. The second-order valence-corrected chi connectivity index (χ2v) is 7.26. The molecule has 2 aliphatic rings. The maximum atomic E-state index is 11.4. The number of nitrogens with zero attached hydrogens (tertiary/aromatic N) is 2.